The van der Waals surface area contributed by atoms with Gasteiger partial charge in [0.2, 0.25) is 0 Å². The van der Waals surface area contributed by atoms with E-state index in [9.17, 15) is 9.90 Å². The van der Waals surface area contributed by atoms with Crippen LogP contribution in [0.25, 0.3) is 11.0 Å². The monoisotopic (exact) mass is 323 g/mol. The van der Waals surface area contributed by atoms with Gasteiger partial charge in [0.25, 0.3) is 5.91 Å². The van der Waals surface area contributed by atoms with Gasteiger partial charge in [0.05, 0.1) is 18.2 Å². The van der Waals surface area contributed by atoms with E-state index < -0.39 is 6.10 Å². The van der Waals surface area contributed by atoms with Crippen LogP contribution >= 0.6 is 0 Å². The smallest absolute Gasteiger partial charge is 0.257 e. The Morgan fingerprint density at radius 1 is 1.17 bits per heavy atom. The zero-order chi connectivity index (χ0) is 17.1. The Hall–Kier alpha value is -2.59. The SMILES string of the molecule is CCN(CC(O)c1ccc(C)cc1)C(=O)c1coc2ccccc12. The van der Waals surface area contributed by atoms with Crippen molar-refractivity contribution in [2.24, 2.45) is 0 Å². The first-order valence-electron chi connectivity index (χ1n) is 8.10. The summed E-state index contributed by atoms with van der Waals surface area (Å²) >= 11 is 0. The minimum atomic E-state index is -0.715. The third-order valence-electron chi connectivity index (χ3n) is 4.24. The van der Waals surface area contributed by atoms with Gasteiger partial charge in [0.1, 0.15) is 11.8 Å². The Morgan fingerprint density at radius 3 is 2.58 bits per heavy atom. The highest BCUT2D eigenvalue weighted by molar-refractivity contribution is 6.05. The molecule has 0 bridgehead atoms. The molecule has 3 rings (SSSR count). The van der Waals surface area contributed by atoms with E-state index in [4.69, 9.17) is 4.42 Å². The van der Waals surface area contributed by atoms with Crippen LogP contribution in [0.15, 0.2) is 59.2 Å². The van der Waals surface area contributed by atoms with Crippen molar-refractivity contribution in [3.8, 4) is 0 Å². The third-order valence-corrected chi connectivity index (χ3v) is 4.24. The lowest BCUT2D eigenvalue weighted by Crippen LogP contribution is -2.34. The van der Waals surface area contributed by atoms with Crippen molar-refractivity contribution in [2.75, 3.05) is 13.1 Å². The van der Waals surface area contributed by atoms with Crippen LogP contribution in [0.5, 0.6) is 0 Å². The van der Waals surface area contributed by atoms with Crippen LogP contribution in [-0.4, -0.2) is 29.0 Å². The number of para-hydroxylation sites is 1. The van der Waals surface area contributed by atoms with Gasteiger partial charge in [-0.25, -0.2) is 0 Å². The Balaban J connectivity index is 1.80. The van der Waals surface area contributed by atoms with E-state index in [0.29, 0.717) is 17.7 Å². The molecular formula is C20H21NO3. The van der Waals surface area contributed by atoms with Crippen LogP contribution in [0.3, 0.4) is 0 Å². The van der Waals surface area contributed by atoms with Gasteiger partial charge in [-0.2, -0.15) is 0 Å². The number of aryl methyl sites for hydroxylation is 1. The lowest BCUT2D eigenvalue weighted by Gasteiger charge is -2.24. The number of hydrogen-bond acceptors (Lipinski definition) is 3. The number of hydrogen-bond donors (Lipinski definition) is 1. The van der Waals surface area contributed by atoms with E-state index in [2.05, 4.69) is 0 Å². The summed E-state index contributed by atoms with van der Waals surface area (Å²) in [4.78, 5) is 14.5. The number of fused-ring (bicyclic) bond motifs is 1. The second kappa shape index (κ2) is 6.89. The van der Waals surface area contributed by atoms with Gasteiger partial charge in [0, 0.05) is 11.9 Å². The van der Waals surface area contributed by atoms with Gasteiger partial charge in [-0.05, 0) is 25.5 Å². The normalized spacial score (nSPS) is 12.3. The number of aliphatic hydroxyl groups excluding tert-OH is 1. The molecule has 3 aromatic rings. The first-order chi connectivity index (χ1) is 11.6. The fourth-order valence-corrected chi connectivity index (χ4v) is 2.77. The van der Waals surface area contributed by atoms with Crippen molar-refractivity contribution in [1.29, 1.82) is 0 Å². The summed E-state index contributed by atoms with van der Waals surface area (Å²) in [7, 11) is 0. The standard InChI is InChI=1S/C20H21NO3/c1-3-21(12-18(22)15-10-8-14(2)9-11-15)20(23)17-13-24-19-7-5-4-6-16(17)19/h4-11,13,18,22H,3,12H2,1-2H3. The molecule has 1 atom stereocenters. The molecule has 1 aromatic heterocycles. The maximum Gasteiger partial charge on any atom is 0.257 e. The van der Waals surface area contributed by atoms with Crippen molar-refractivity contribution in [3.63, 3.8) is 0 Å². The van der Waals surface area contributed by atoms with E-state index in [1.54, 1.807) is 4.90 Å². The maximum atomic E-state index is 12.8. The summed E-state index contributed by atoms with van der Waals surface area (Å²) in [6.45, 7) is 4.67. The summed E-state index contributed by atoms with van der Waals surface area (Å²) in [5, 5.41) is 11.3. The van der Waals surface area contributed by atoms with E-state index in [1.165, 1.54) is 6.26 Å². The number of aliphatic hydroxyl groups is 1. The quantitative estimate of drug-likeness (QED) is 0.774. The summed E-state index contributed by atoms with van der Waals surface area (Å²) < 4.78 is 5.46. The maximum absolute atomic E-state index is 12.8. The average molecular weight is 323 g/mol. The summed E-state index contributed by atoms with van der Waals surface area (Å²) in [5.41, 5.74) is 3.17. The highest BCUT2D eigenvalue weighted by Crippen LogP contribution is 2.23. The van der Waals surface area contributed by atoms with Crippen LogP contribution < -0.4 is 0 Å². The van der Waals surface area contributed by atoms with Gasteiger partial charge < -0.3 is 14.4 Å². The first-order valence-corrected chi connectivity index (χ1v) is 8.10. The largest absolute Gasteiger partial charge is 0.463 e. The third kappa shape index (κ3) is 3.19. The molecule has 24 heavy (non-hydrogen) atoms. The minimum absolute atomic E-state index is 0.131. The van der Waals surface area contributed by atoms with Crippen LogP contribution in [0.2, 0.25) is 0 Å². The van der Waals surface area contributed by atoms with E-state index in [1.807, 2.05) is 62.4 Å². The van der Waals surface area contributed by atoms with Crippen LogP contribution in [-0.2, 0) is 0 Å². The predicted molar refractivity (Wildman–Crippen MR) is 93.9 cm³/mol. The van der Waals surface area contributed by atoms with Crippen molar-refractivity contribution in [2.45, 2.75) is 20.0 Å². The Labute approximate surface area is 141 Å². The number of carbonyl (C=O) groups is 1. The molecule has 1 N–H and O–H groups in total. The van der Waals surface area contributed by atoms with E-state index >= 15 is 0 Å². The number of carbonyl (C=O) groups excluding carboxylic acids is 1. The average Bonchev–Trinajstić information content (AvgIpc) is 3.03. The lowest BCUT2D eigenvalue weighted by atomic mass is 10.1. The fourth-order valence-electron chi connectivity index (χ4n) is 2.77. The molecule has 2 aromatic carbocycles. The second-order valence-corrected chi connectivity index (χ2v) is 5.92. The molecule has 0 aliphatic heterocycles. The van der Waals surface area contributed by atoms with Gasteiger partial charge in [-0.1, -0.05) is 48.0 Å². The van der Waals surface area contributed by atoms with Gasteiger partial charge in [-0.15, -0.1) is 0 Å². The molecule has 0 aliphatic carbocycles. The van der Waals surface area contributed by atoms with Crippen molar-refractivity contribution < 1.29 is 14.3 Å². The second-order valence-electron chi connectivity index (χ2n) is 5.92. The molecule has 0 radical (unpaired) electrons. The molecule has 0 fully saturated rings. The van der Waals surface area contributed by atoms with Crippen LogP contribution in [0.1, 0.15) is 34.5 Å². The van der Waals surface area contributed by atoms with Gasteiger partial charge in [0.15, 0.2) is 0 Å². The summed E-state index contributed by atoms with van der Waals surface area (Å²) in [6.07, 6.45) is 0.779. The van der Waals surface area contributed by atoms with Crippen molar-refractivity contribution in [1.82, 2.24) is 4.90 Å². The summed E-state index contributed by atoms with van der Waals surface area (Å²) in [6, 6.07) is 15.2. The highest BCUT2D eigenvalue weighted by Gasteiger charge is 2.22. The van der Waals surface area contributed by atoms with Gasteiger partial charge in [-0.3, -0.25) is 4.79 Å². The lowest BCUT2D eigenvalue weighted by molar-refractivity contribution is 0.0636. The number of nitrogens with zero attached hydrogens (tertiary/aromatic N) is 1. The van der Waals surface area contributed by atoms with Crippen molar-refractivity contribution >= 4 is 16.9 Å². The molecule has 4 heteroatoms. The number of rotatable bonds is 5. The molecule has 1 heterocycles. The van der Waals surface area contributed by atoms with Crippen LogP contribution in [0.4, 0.5) is 0 Å². The number of furan rings is 1. The Morgan fingerprint density at radius 2 is 1.88 bits per heavy atom. The fraction of sp³-hybridized carbons (Fsp3) is 0.250. The topological polar surface area (TPSA) is 53.7 Å². The number of likely N-dealkylation sites (N-methyl/N-ethyl adjacent to an activating group) is 1. The number of benzene rings is 2. The first kappa shape index (κ1) is 16.3. The molecule has 0 saturated carbocycles. The molecule has 4 nitrogen and oxygen atoms in total. The molecule has 1 unspecified atom stereocenters. The summed E-state index contributed by atoms with van der Waals surface area (Å²) in [5.74, 6) is -0.131. The van der Waals surface area contributed by atoms with E-state index in [0.717, 1.165) is 16.5 Å². The molecule has 0 spiro atoms. The Bertz CT molecular complexity index is 835. The van der Waals surface area contributed by atoms with Crippen molar-refractivity contribution in [3.05, 3.63) is 71.5 Å². The molecule has 0 saturated heterocycles. The zero-order valence-corrected chi connectivity index (χ0v) is 13.9. The minimum Gasteiger partial charge on any atom is -0.463 e. The molecule has 0 aliphatic rings. The van der Waals surface area contributed by atoms with Crippen LogP contribution in [0, 0.1) is 6.92 Å². The molecule has 1 amide bonds. The van der Waals surface area contributed by atoms with Gasteiger partial charge >= 0.3 is 0 Å². The highest BCUT2D eigenvalue weighted by atomic mass is 16.3. The zero-order valence-electron chi connectivity index (χ0n) is 13.9. The molecular weight excluding hydrogens is 302 g/mol. The predicted octanol–water partition coefficient (Wildman–Crippen LogP) is 3.94. The van der Waals surface area contributed by atoms with E-state index in [-0.39, 0.29) is 12.5 Å². The number of amides is 1. The molecule has 124 valence electrons. The Kier molecular flexibility index (Phi) is 4.67.